The highest BCUT2D eigenvalue weighted by Gasteiger charge is 2.28. The highest BCUT2D eigenvalue weighted by molar-refractivity contribution is 7.89. The van der Waals surface area contributed by atoms with E-state index in [1.54, 1.807) is 0 Å². The Morgan fingerprint density at radius 3 is 2.57 bits per heavy atom. The minimum absolute atomic E-state index is 0.0735. The number of nitrogens with one attached hydrogen (secondary N) is 1. The summed E-state index contributed by atoms with van der Waals surface area (Å²) in [5.74, 6) is -0.612. The van der Waals surface area contributed by atoms with Gasteiger partial charge in [-0.1, -0.05) is 25.8 Å². The molecule has 0 radical (unpaired) electrons. The number of ether oxygens (including phenoxy) is 1. The summed E-state index contributed by atoms with van der Waals surface area (Å²) >= 11 is 0. The molecule has 2 fully saturated rings. The number of amides is 1. The summed E-state index contributed by atoms with van der Waals surface area (Å²) in [6.07, 6.45) is 5.98. The summed E-state index contributed by atoms with van der Waals surface area (Å²) in [5, 5.41) is 2.93. The maximum Gasteiger partial charge on any atom is 0.338 e. The van der Waals surface area contributed by atoms with Gasteiger partial charge in [0.1, 0.15) is 0 Å². The lowest BCUT2D eigenvalue weighted by atomic mass is 9.86. The summed E-state index contributed by atoms with van der Waals surface area (Å²) in [6.45, 7) is 2.74. The van der Waals surface area contributed by atoms with Crippen LogP contribution in [-0.2, 0) is 19.6 Å². The second-order valence-electron chi connectivity index (χ2n) is 7.65. The van der Waals surface area contributed by atoms with Crippen LogP contribution in [-0.4, -0.2) is 50.3 Å². The van der Waals surface area contributed by atoms with Crippen molar-refractivity contribution in [3.63, 3.8) is 0 Å². The van der Waals surface area contributed by atoms with Crippen LogP contribution in [0.15, 0.2) is 29.2 Å². The number of hydrogen-bond acceptors (Lipinski definition) is 5. The Bertz CT molecular complexity index is 818. The second kappa shape index (κ2) is 9.05. The normalized spacial score (nSPS) is 23.3. The zero-order valence-electron chi connectivity index (χ0n) is 16.2. The number of nitrogens with zero attached hydrogens (tertiary/aromatic N) is 1. The molecule has 8 heteroatoms. The monoisotopic (exact) mass is 408 g/mol. The van der Waals surface area contributed by atoms with Gasteiger partial charge in [0.15, 0.2) is 6.61 Å². The van der Waals surface area contributed by atoms with Gasteiger partial charge in [-0.25, -0.2) is 13.2 Å². The van der Waals surface area contributed by atoms with Gasteiger partial charge in [0.2, 0.25) is 10.0 Å². The van der Waals surface area contributed by atoms with Crippen LogP contribution in [0.4, 0.5) is 0 Å². The first-order valence-electron chi connectivity index (χ1n) is 9.94. The van der Waals surface area contributed by atoms with E-state index in [0.29, 0.717) is 19.0 Å². The van der Waals surface area contributed by atoms with E-state index < -0.39 is 16.0 Å². The van der Waals surface area contributed by atoms with Crippen LogP contribution >= 0.6 is 0 Å². The van der Waals surface area contributed by atoms with Crippen molar-refractivity contribution in [2.75, 3.05) is 19.7 Å². The molecule has 1 saturated heterocycles. The van der Waals surface area contributed by atoms with Gasteiger partial charge >= 0.3 is 5.97 Å². The lowest BCUT2D eigenvalue weighted by Gasteiger charge is -2.29. The molecule has 0 spiro atoms. The smallest absolute Gasteiger partial charge is 0.338 e. The van der Waals surface area contributed by atoms with E-state index in [2.05, 4.69) is 12.2 Å². The third kappa shape index (κ3) is 4.91. The largest absolute Gasteiger partial charge is 0.452 e. The van der Waals surface area contributed by atoms with Crippen molar-refractivity contribution < 1.29 is 22.7 Å². The molecule has 1 saturated carbocycles. The van der Waals surface area contributed by atoms with E-state index in [-0.39, 0.29) is 29.0 Å². The number of sulfonamides is 1. The number of esters is 1. The van der Waals surface area contributed by atoms with E-state index in [0.717, 1.165) is 32.1 Å². The van der Waals surface area contributed by atoms with E-state index in [1.807, 2.05) is 0 Å². The van der Waals surface area contributed by atoms with Crippen molar-refractivity contribution in [1.29, 1.82) is 0 Å². The molecular formula is C20H28N2O5S. The molecule has 1 N–H and O–H groups in total. The molecule has 1 amide bonds. The van der Waals surface area contributed by atoms with Gasteiger partial charge in [0, 0.05) is 19.1 Å². The Labute approximate surface area is 166 Å². The fourth-order valence-electron chi connectivity index (χ4n) is 3.85. The van der Waals surface area contributed by atoms with Crippen molar-refractivity contribution >= 4 is 21.9 Å². The van der Waals surface area contributed by atoms with Crippen LogP contribution < -0.4 is 5.32 Å². The van der Waals surface area contributed by atoms with E-state index in [1.165, 1.54) is 35.0 Å². The number of rotatable bonds is 6. The maximum atomic E-state index is 12.6. The summed E-state index contributed by atoms with van der Waals surface area (Å²) in [5.41, 5.74) is 0.124. The van der Waals surface area contributed by atoms with Gasteiger partial charge in [-0.2, -0.15) is 4.31 Å². The minimum Gasteiger partial charge on any atom is -0.452 e. The summed E-state index contributed by atoms with van der Waals surface area (Å²) in [6, 6.07) is 5.92. The van der Waals surface area contributed by atoms with Crippen LogP contribution in [0.1, 0.15) is 55.8 Å². The van der Waals surface area contributed by atoms with Crippen molar-refractivity contribution in [3.05, 3.63) is 29.8 Å². The van der Waals surface area contributed by atoms with E-state index in [9.17, 15) is 18.0 Å². The van der Waals surface area contributed by atoms with Crippen LogP contribution in [0, 0.1) is 5.92 Å². The van der Waals surface area contributed by atoms with E-state index in [4.69, 9.17) is 4.74 Å². The second-order valence-corrected chi connectivity index (χ2v) is 9.59. The highest BCUT2D eigenvalue weighted by atomic mass is 32.2. The van der Waals surface area contributed by atoms with Crippen molar-refractivity contribution in [3.8, 4) is 0 Å². The first-order valence-corrected chi connectivity index (χ1v) is 11.4. The molecule has 0 bridgehead atoms. The Kier molecular flexibility index (Phi) is 6.72. The van der Waals surface area contributed by atoms with Gasteiger partial charge < -0.3 is 10.1 Å². The fourth-order valence-corrected chi connectivity index (χ4v) is 5.42. The molecule has 2 atom stereocenters. The topological polar surface area (TPSA) is 92.8 Å². The van der Waals surface area contributed by atoms with Crippen molar-refractivity contribution in [2.24, 2.45) is 5.92 Å². The lowest BCUT2D eigenvalue weighted by molar-refractivity contribution is -0.125. The Hall–Kier alpha value is -1.93. The third-order valence-corrected chi connectivity index (χ3v) is 7.46. The van der Waals surface area contributed by atoms with Gasteiger partial charge in [-0.05, 0) is 49.8 Å². The van der Waals surface area contributed by atoms with Gasteiger partial charge in [0.05, 0.1) is 10.5 Å². The molecule has 1 heterocycles. The molecule has 0 aromatic heterocycles. The van der Waals surface area contributed by atoms with Crippen LogP contribution in [0.2, 0.25) is 0 Å². The van der Waals surface area contributed by atoms with Crippen LogP contribution in [0.25, 0.3) is 0 Å². The Morgan fingerprint density at radius 2 is 1.86 bits per heavy atom. The number of carbonyl (C=O) groups excluding carboxylic acids is 2. The van der Waals surface area contributed by atoms with Crippen molar-refractivity contribution in [2.45, 2.75) is 56.4 Å². The SMILES string of the molecule is C[C@@H]1CCCC[C@H]1NC(=O)COC(=O)c1cccc(S(=O)(=O)N2CCCC2)c1. The molecule has 1 aliphatic heterocycles. The zero-order valence-corrected chi connectivity index (χ0v) is 17.0. The zero-order chi connectivity index (χ0) is 20.1. The molecule has 1 aliphatic carbocycles. The standard InChI is InChI=1S/C20H28N2O5S/c1-15-7-2-3-10-18(15)21-19(23)14-27-20(24)16-8-6-9-17(13-16)28(25,26)22-11-4-5-12-22/h6,8-9,13,15,18H,2-5,7,10-12,14H2,1H3,(H,21,23)/t15-,18-/m1/s1. The first-order chi connectivity index (χ1) is 13.4. The molecule has 2 aliphatic rings. The average Bonchev–Trinajstić information content (AvgIpc) is 3.24. The molecule has 154 valence electrons. The van der Waals surface area contributed by atoms with Crippen LogP contribution in [0.3, 0.4) is 0 Å². The predicted octanol–water partition coefficient (Wildman–Crippen LogP) is 2.32. The molecule has 3 rings (SSSR count). The van der Waals surface area contributed by atoms with Gasteiger partial charge in [-0.3, -0.25) is 4.79 Å². The quantitative estimate of drug-likeness (QED) is 0.729. The Balaban J connectivity index is 1.58. The molecule has 7 nitrogen and oxygen atoms in total. The van der Waals surface area contributed by atoms with Gasteiger partial charge in [0.25, 0.3) is 5.91 Å². The average molecular weight is 409 g/mol. The molecule has 1 aromatic carbocycles. The first kappa shape index (κ1) is 20.8. The summed E-state index contributed by atoms with van der Waals surface area (Å²) in [7, 11) is -3.61. The maximum absolute atomic E-state index is 12.6. The number of hydrogen-bond donors (Lipinski definition) is 1. The Morgan fingerprint density at radius 1 is 1.14 bits per heavy atom. The molecule has 28 heavy (non-hydrogen) atoms. The number of carbonyl (C=O) groups is 2. The minimum atomic E-state index is -3.61. The van der Waals surface area contributed by atoms with E-state index >= 15 is 0 Å². The molecular weight excluding hydrogens is 380 g/mol. The fraction of sp³-hybridized carbons (Fsp3) is 0.600. The van der Waals surface area contributed by atoms with Crippen LogP contribution in [0.5, 0.6) is 0 Å². The number of benzene rings is 1. The third-order valence-electron chi connectivity index (χ3n) is 5.56. The lowest BCUT2D eigenvalue weighted by Crippen LogP contribution is -2.42. The van der Waals surface area contributed by atoms with Crippen molar-refractivity contribution in [1.82, 2.24) is 9.62 Å². The van der Waals surface area contributed by atoms with Gasteiger partial charge in [-0.15, -0.1) is 0 Å². The summed E-state index contributed by atoms with van der Waals surface area (Å²) in [4.78, 5) is 24.5. The molecule has 1 aromatic rings. The predicted molar refractivity (Wildman–Crippen MR) is 104 cm³/mol. The highest BCUT2D eigenvalue weighted by Crippen LogP contribution is 2.24. The summed E-state index contributed by atoms with van der Waals surface area (Å²) < 4.78 is 31.8. The molecule has 0 unspecified atom stereocenters.